The van der Waals surface area contributed by atoms with Crippen LogP contribution in [0.15, 0.2) is 4.99 Å². The van der Waals surface area contributed by atoms with E-state index in [0.717, 1.165) is 0 Å². The summed E-state index contributed by atoms with van der Waals surface area (Å²) in [7, 11) is 0. The number of carboxylic acid groups (broad SMARTS) is 1. The van der Waals surface area contributed by atoms with Crippen LogP contribution in [0.4, 0.5) is 0 Å². The van der Waals surface area contributed by atoms with Crippen LogP contribution in [-0.2, 0) is 21.6 Å². The number of hydrogen-bond donors (Lipinski definition) is 6. The predicted molar refractivity (Wildman–Crippen MR) is 63.9 cm³/mol. The summed E-state index contributed by atoms with van der Waals surface area (Å²) < 4.78 is 0. The Morgan fingerprint density at radius 3 is 1.88 bits per heavy atom. The third-order valence-electron chi connectivity index (χ3n) is 1.55. The molecular weight excluding hydrogens is 271 g/mol. The number of nitrogens with zero attached hydrogens (tertiary/aromatic N) is 1. The summed E-state index contributed by atoms with van der Waals surface area (Å²) in [5, 5.41) is 8.59. The molecule has 11 N–H and O–H groups in total. The van der Waals surface area contributed by atoms with Gasteiger partial charge in [-0.15, -0.1) is 0 Å². The van der Waals surface area contributed by atoms with Crippen molar-refractivity contribution >= 4 is 11.8 Å². The van der Waals surface area contributed by atoms with Gasteiger partial charge in [-0.3, -0.25) is 4.99 Å². The Morgan fingerprint density at radius 2 is 1.65 bits per heavy atom. The summed E-state index contributed by atoms with van der Waals surface area (Å²) in [6.07, 6.45) is 0. The van der Waals surface area contributed by atoms with Gasteiger partial charge in [-0.2, -0.15) is 0 Å². The van der Waals surface area contributed by atoms with Crippen LogP contribution >= 0.6 is 0 Å². The zero-order valence-corrected chi connectivity index (χ0v) is 10.9. The summed E-state index contributed by atoms with van der Waals surface area (Å²) in [5.74, 6) is -1.32. The van der Waals surface area contributed by atoms with E-state index in [-0.39, 0.29) is 29.2 Å². The van der Waals surface area contributed by atoms with Crippen LogP contribution in [-0.4, -0.2) is 48.6 Å². The van der Waals surface area contributed by atoms with Crippen LogP contribution in [0.1, 0.15) is 6.92 Å². The third-order valence-corrected chi connectivity index (χ3v) is 1.55. The second-order valence-electron chi connectivity index (χ2n) is 3.14. The van der Waals surface area contributed by atoms with Gasteiger partial charge in [0, 0.05) is 19.6 Å². The van der Waals surface area contributed by atoms with Gasteiger partial charge in [0.1, 0.15) is 5.84 Å². The topological polar surface area (TPSA) is 180 Å². The average molecular weight is 293 g/mol. The molecule has 0 aromatic carbocycles. The monoisotopic (exact) mass is 293 g/mol. The van der Waals surface area contributed by atoms with Crippen molar-refractivity contribution in [3.05, 3.63) is 0 Å². The van der Waals surface area contributed by atoms with E-state index < -0.39 is 11.5 Å². The quantitative estimate of drug-likeness (QED) is 0.231. The molecule has 1 atom stereocenters. The fraction of sp³-hybridized carbons (Fsp3) is 0.750. The molecule has 17 heavy (non-hydrogen) atoms. The van der Waals surface area contributed by atoms with Crippen molar-refractivity contribution in [1.82, 2.24) is 0 Å². The Labute approximate surface area is 111 Å². The number of amidine groups is 1. The van der Waals surface area contributed by atoms with Crippen molar-refractivity contribution in [1.29, 1.82) is 0 Å². The Hall–Kier alpha value is -0.714. The van der Waals surface area contributed by atoms with Crippen LogP contribution in [0.5, 0.6) is 0 Å². The summed E-state index contributed by atoms with van der Waals surface area (Å²) in [6.45, 7) is 3.08. The zero-order valence-electron chi connectivity index (χ0n) is 9.85. The van der Waals surface area contributed by atoms with Crippen molar-refractivity contribution in [2.75, 3.05) is 26.2 Å². The minimum atomic E-state index is -1.60. The molecule has 0 fully saturated rings. The van der Waals surface area contributed by atoms with Gasteiger partial charge in [0.25, 0.3) is 0 Å². The van der Waals surface area contributed by atoms with Crippen LogP contribution in [0.2, 0.25) is 0 Å². The number of carboxylic acids is 1. The molecule has 0 heterocycles. The molecule has 1 radical (unpaired) electrons. The molecule has 0 amide bonds. The van der Waals surface area contributed by atoms with E-state index in [4.69, 9.17) is 33.8 Å². The Kier molecular flexibility index (Phi) is 14.9. The smallest absolute Gasteiger partial charge is 0.480 e. The van der Waals surface area contributed by atoms with Gasteiger partial charge in [0.15, 0.2) is 5.54 Å². The normalized spacial score (nSPS) is 13.8. The number of aliphatic carboxylic acids is 1. The van der Waals surface area contributed by atoms with Crippen molar-refractivity contribution in [2.24, 2.45) is 33.7 Å². The molecule has 0 aliphatic heterocycles. The summed E-state index contributed by atoms with van der Waals surface area (Å²) in [5.41, 5.74) is 24.0. The second-order valence-corrected chi connectivity index (χ2v) is 3.14. The average Bonchev–Trinajstić information content (AvgIpc) is 2.25. The minimum absolute atomic E-state index is 0. The Balaban J connectivity index is -0.000000340. The molecule has 103 valence electrons. The largest absolute Gasteiger partial charge is 2.00 e. The van der Waals surface area contributed by atoms with Crippen molar-refractivity contribution in [2.45, 2.75) is 12.5 Å². The van der Waals surface area contributed by atoms with Crippen LogP contribution in [0.3, 0.4) is 0 Å². The molecule has 0 rings (SSSR count). The fourth-order valence-electron chi connectivity index (χ4n) is 0.459. The maximum absolute atomic E-state index is 10.5. The molecule has 0 aliphatic carbocycles. The van der Waals surface area contributed by atoms with Gasteiger partial charge in [0.05, 0.1) is 6.54 Å². The number of nitrogens with two attached hydrogens (primary N) is 5. The van der Waals surface area contributed by atoms with Gasteiger partial charge in [-0.05, 0) is 6.92 Å². The number of aliphatic imine (C=N–C) groups is 1. The van der Waals surface area contributed by atoms with Gasteiger partial charge in [-0.25, -0.2) is 4.79 Å². The van der Waals surface area contributed by atoms with Gasteiger partial charge in [0.2, 0.25) is 0 Å². The number of rotatable bonds is 5. The summed E-state index contributed by atoms with van der Waals surface area (Å²) in [6, 6.07) is 0. The van der Waals surface area contributed by atoms with E-state index in [1.54, 1.807) is 0 Å². The minimum Gasteiger partial charge on any atom is -0.480 e. The van der Waals surface area contributed by atoms with Crippen molar-refractivity contribution in [3.63, 3.8) is 0 Å². The van der Waals surface area contributed by atoms with E-state index >= 15 is 0 Å². The van der Waals surface area contributed by atoms with E-state index in [1.165, 1.54) is 6.92 Å². The Morgan fingerprint density at radius 1 is 1.24 bits per heavy atom. The molecule has 0 spiro atoms. The van der Waals surface area contributed by atoms with E-state index in [9.17, 15) is 4.79 Å². The molecule has 0 aromatic rings. The van der Waals surface area contributed by atoms with Crippen molar-refractivity contribution < 1.29 is 26.7 Å². The first-order valence-electron chi connectivity index (χ1n) is 4.77. The third kappa shape index (κ3) is 10.2. The van der Waals surface area contributed by atoms with Crippen LogP contribution < -0.4 is 28.7 Å². The van der Waals surface area contributed by atoms with E-state index in [0.29, 0.717) is 19.6 Å². The standard InChI is InChI=1S/C6H14N4O2.C2H8N2.Co/c1-6(9,5(11)12)4(8)10-3-2-7;3-1-2-4;/h2-3,7,9H2,1H3,(H2,8,10)(H,11,12);1-4H2;/q;;+2. The second kappa shape index (κ2) is 11.8. The molecule has 0 aromatic heterocycles. The summed E-state index contributed by atoms with van der Waals surface area (Å²) in [4.78, 5) is 14.2. The van der Waals surface area contributed by atoms with E-state index in [1.807, 2.05) is 0 Å². The summed E-state index contributed by atoms with van der Waals surface area (Å²) >= 11 is 0. The van der Waals surface area contributed by atoms with Crippen molar-refractivity contribution in [3.8, 4) is 0 Å². The first-order valence-corrected chi connectivity index (χ1v) is 4.77. The zero-order chi connectivity index (χ0) is 13.2. The first kappa shape index (κ1) is 21.6. The maximum Gasteiger partial charge on any atom is 2.00 e. The molecule has 0 bridgehead atoms. The van der Waals surface area contributed by atoms with Gasteiger partial charge < -0.3 is 33.8 Å². The predicted octanol–water partition coefficient (Wildman–Crippen LogP) is -2.99. The van der Waals surface area contributed by atoms with Crippen LogP contribution in [0, 0.1) is 0 Å². The molecular formula is C8H22CoN6O2+2. The number of carbonyl (C=O) groups is 1. The van der Waals surface area contributed by atoms with E-state index in [2.05, 4.69) is 4.99 Å². The first-order chi connectivity index (χ1) is 7.34. The maximum atomic E-state index is 10.5. The van der Waals surface area contributed by atoms with Gasteiger partial charge >= 0.3 is 22.7 Å². The van der Waals surface area contributed by atoms with Crippen LogP contribution in [0.25, 0.3) is 0 Å². The molecule has 9 heteroatoms. The fourth-order valence-corrected chi connectivity index (χ4v) is 0.459. The molecule has 0 saturated carbocycles. The Bertz CT molecular complexity index is 232. The molecule has 0 saturated heterocycles. The molecule has 0 aliphatic rings. The molecule has 8 nitrogen and oxygen atoms in total. The van der Waals surface area contributed by atoms with Gasteiger partial charge in [-0.1, -0.05) is 0 Å². The molecule has 1 unspecified atom stereocenters. The SMILES string of the molecule is CC(N)(C(=O)O)C(N)=NCCN.NCCN.[Co+2]. The number of hydrogen-bond acceptors (Lipinski definition) is 6.